The molecule has 2 aromatic rings. The number of hydrogen-bond acceptors (Lipinski definition) is 2. The maximum absolute atomic E-state index is 13.2. The molecular formula is C19H15FN2O. The van der Waals surface area contributed by atoms with E-state index in [-0.39, 0.29) is 11.5 Å². The third kappa shape index (κ3) is 3.29. The van der Waals surface area contributed by atoms with Crippen LogP contribution < -0.4 is 0 Å². The fourth-order valence-corrected chi connectivity index (χ4v) is 2.74. The summed E-state index contributed by atoms with van der Waals surface area (Å²) in [5.41, 5.74) is 2.88. The van der Waals surface area contributed by atoms with Crippen LogP contribution in [0.3, 0.4) is 0 Å². The van der Waals surface area contributed by atoms with Gasteiger partial charge in [0.2, 0.25) is 0 Å². The van der Waals surface area contributed by atoms with Gasteiger partial charge in [-0.05, 0) is 41.3 Å². The molecule has 3 nitrogen and oxygen atoms in total. The summed E-state index contributed by atoms with van der Waals surface area (Å²) >= 11 is 0. The molecule has 23 heavy (non-hydrogen) atoms. The predicted octanol–water partition coefficient (Wildman–Crippen LogP) is 3.32. The van der Waals surface area contributed by atoms with E-state index in [0.29, 0.717) is 18.7 Å². The van der Waals surface area contributed by atoms with E-state index in [1.165, 1.54) is 23.8 Å². The van der Waals surface area contributed by atoms with Gasteiger partial charge in [0.05, 0.1) is 0 Å². The molecule has 1 amide bonds. The Balaban J connectivity index is 1.83. The smallest absolute Gasteiger partial charge is 0.264 e. The van der Waals surface area contributed by atoms with Crippen molar-refractivity contribution in [3.05, 3.63) is 76.6 Å². The monoisotopic (exact) mass is 306 g/mol. The second-order valence-electron chi connectivity index (χ2n) is 5.47. The quantitative estimate of drug-likeness (QED) is 0.631. The molecule has 0 saturated heterocycles. The summed E-state index contributed by atoms with van der Waals surface area (Å²) in [6.07, 6.45) is 2.21. The highest BCUT2D eigenvalue weighted by atomic mass is 19.1. The van der Waals surface area contributed by atoms with Gasteiger partial charge >= 0.3 is 0 Å². The van der Waals surface area contributed by atoms with E-state index < -0.39 is 5.82 Å². The molecule has 0 aliphatic carbocycles. The minimum absolute atomic E-state index is 0.0231. The van der Waals surface area contributed by atoms with Crippen molar-refractivity contribution in [1.82, 2.24) is 4.90 Å². The Morgan fingerprint density at radius 3 is 2.70 bits per heavy atom. The molecular weight excluding hydrogens is 291 g/mol. The van der Waals surface area contributed by atoms with Crippen molar-refractivity contribution in [1.29, 1.82) is 5.26 Å². The molecule has 0 saturated carbocycles. The van der Waals surface area contributed by atoms with E-state index in [0.717, 1.165) is 12.0 Å². The molecule has 2 aromatic carbocycles. The van der Waals surface area contributed by atoms with Gasteiger partial charge in [0, 0.05) is 13.1 Å². The highest BCUT2D eigenvalue weighted by molar-refractivity contribution is 6.01. The first-order chi connectivity index (χ1) is 11.2. The van der Waals surface area contributed by atoms with E-state index in [2.05, 4.69) is 6.07 Å². The average molecular weight is 306 g/mol. The van der Waals surface area contributed by atoms with Gasteiger partial charge in [0.1, 0.15) is 17.5 Å². The largest absolute Gasteiger partial charge is 0.333 e. The van der Waals surface area contributed by atoms with Crippen LogP contribution in [0.5, 0.6) is 0 Å². The molecule has 3 rings (SSSR count). The number of rotatable bonds is 2. The molecule has 114 valence electrons. The van der Waals surface area contributed by atoms with Crippen LogP contribution in [0, 0.1) is 17.1 Å². The van der Waals surface area contributed by atoms with Crippen LogP contribution in [0.25, 0.3) is 6.08 Å². The molecule has 4 heteroatoms. The van der Waals surface area contributed by atoms with Crippen molar-refractivity contribution >= 4 is 12.0 Å². The Morgan fingerprint density at radius 2 is 1.96 bits per heavy atom. The minimum atomic E-state index is -0.393. The van der Waals surface area contributed by atoms with Gasteiger partial charge < -0.3 is 4.90 Å². The summed E-state index contributed by atoms with van der Waals surface area (Å²) in [5.74, 6) is -0.707. The standard InChI is InChI=1S/C19H15FN2O/c20-18-7-3-4-14(11-18)10-17(12-21)19(23)22-9-8-15-5-1-2-6-16(15)13-22/h1-7,10-11H,8-9,13H2/b17-10+. The molecule has 0 aromatic heterocycles. The van der Waals surface area contributed by atoms with E-state index in [9.17, 15) is 14.4 Å². The van der Waals surface area contributed by atoms with Gasteiger partial charge in [-0.1, -0.05) is 36.4 Å². The Hall–Kier alpha value is -2.93. The van der Waals surface area contributed by atoms with Crippen LogP contribution in [-0.2, 0) is 17.8 Å². The normalized spacial score (nSPS) is 14.1. The molecule has 0 N–H and O–H groups in total. The maximum Gasteiger partial charge on any atom is 0.264 e. The number of benzene rings is 2. The minimum Gasteiger partial charge on any atom is -0.333 e. The van der Waals surface area contributed by atoms with E-state index in [1.54, 1.807) is 17.0 Å². The average Bonchev–Trinajstić information content (AvgIpc) is 2.58. The first-order valence-electron chi connectivity index (χ1n) is 7.41. The zero-order valence-corrected chi connectivity index (χ0v) is 12.5. The van der Waals surface area contributed by atoms with Crippen molar-refractivity contribution < 1.29 is 9.18 Å². The van der Waals surface area contributed by atoms with Gasteiger partial charge in [-0.15, -0.1) is 0 Å². The highest BCUT2D eigenvalue weighted by Gasteiger charge is 2.23. The number of amides is 1. The van der Waals surface area contributed by atoms with Gasteiger partial charge in [-0.25, -0.2) is 4.39 Å². The number of nitrogens with zero attached hydrogens (tertiary/aromatic N) is 2. The predicted molar refractivity (Wildman–Crippen MR) is 85.6 cm³/mol. The van der Waals surface area contributed by atoms with E-state index in [1.807, 2.05) is 24.3 Å². The molecule has 0 atom stereocenters. The third-order valence-electron chi connectivity index (χ3n) is 3.93. The van der Waals surface area contributed by atoms with E-state index >= 15 is 0 Å². The molecule has 1 heterocycles. The van der Waals surface area contributed by atoms with Gasteiger partial charge in [0.15, 0.2) is 0 Å². The lowest BCUT2D eigenvalue weighted by Gasteiger charge is -2.28. The molecule has 0 radical (unpaired) electrons. The van der Waals surface area contributed by atoms with Crippen molar-refractivity contribution in [3.8, 4) is 6.07 Å². The number of carbonyl (C=O) groups is 1. The highest BCUT2D eigenvalue weighted by Crippen LogP contribution is 2.20. The number of nitriles is 1. The fraction of sp³-hybridized carbons (Fsp3) is 0.158. The van der Waals surface area contributed by atoms with Crippen LogP contribution in [-0.4, -0.2) is 17.4 Å². The molecule has 1 aliphatic heterocycles. The fourth-order valence-electron chi connectivity index (χ4n) is 2.74. The molecule has 1 aliphatic rings. The summed E-state index contributed by atoms with van der Waals surface area (Å²) in [7, 11) is 0. The third-order valence-corrected chi connectivity index (χ3v) is 3.93. The number of fused-ring (bicyclic) bond motifs is 1. The second-order valence-corrected chi connectivity index (χ2v) is 5.47. The summed E-state index contributed by atoms with van der Waals surface area (Å²) in [6, 6.07) is 15.8. The zero-order valence-electron chi connectivity index (χ0n) is 12.5. The molecule has 0 bridgehead atoms. The Morgan fingerprint density at radius 1 is 1.17 bits per heavy atom. The van der Waals surface area contributed by atoms with Crippen molar-refractivity contribution in [2.24, 2.45) is 0 Å². The molecule has 0 fully saturated rings. The summed E-state index contributed by atoms with van der Waals surface area (Å²) in [6.45, 7) is 1.08. The van der Waals surface area contributed by atoms with Crippen molar-refractivity contribution in [3.63, 3.8) is 0 Å². The number of carbonyl (C=O) groups excluding carboxylic acids is 1. The Labute approximate surface area is 134 Å². The topological polar surface area (TPSA) is 44.1 Å². The van der Waals surface area contributed by atoms with Crippen LogP contribution in [0.15, 0.2) is 54.1 Å². The van der Waals surface area contributed by atoms with Gasteiger partial charge in [-0.3, -0.25) is 4.79 Å². The van der Waals surface area contributed by atoms with Gasteiger partial charge in [-0.2, -0.15) is 5.26 Å². The first kappa shape index (κ1) is 15.0. The Bertz CT molecular complexity index is 820. The lowest BCUT2D eigenvalue weighted by Crippen LogP contribution is -2.36. The van der Waals surface area contributed by atoms with Crippen LogP contribution in [0.4, 0.5) is 4.39 Å². The maximum atomic E-state index is 13.2. The summed E-state index contributed by atoms with van der Waals surface area (Å²) in [4.78, 5) is 14.2. The lowest BCUT2D eigenvalue weighted by molar-refractivity contribution is -0.127. The summed E-state index contributed by atoms with van der Waals surface area (Å²) in [5, 5.41) is 9.29. The van der Waals surface area contributed by atoms with Crippen LogP contribution >= 0.6 is 0 Å². The second kappa shape index (κ2) is 6.45. The van der Waals surface area contributed by atoms with Gasteiger partial charge in [0.25, 0.3) is 5.91 Å². The molecule has 0 spiro atoms. The molecule has 0 unspecified atom stereocenters. The Kier molecular flexibility index (Phi) is 4.20. The van der Waals surface area contributed by atoms with E-state index in [4.69, 9.17) is 0 Å². The van der Waals surface area contributed by atoms with Crippen LogP contribution in [0.1, 0.15) is 16.7 Å². The summed E-state index contributed by atoms with van der Waals surface area (Å²) < 4.78 is 13.2. The first-order valence-corrected chi connectivity index (χ1v) is 7.41. The SMILES string of the molecule is N#C/C(=C\c1cccc(F)c1)C(=O)N1CCc2ccccc2C1. The zero-order chi connectivity index (χ0) is 16.2. The van der Waals surface area contributed by atoms with Crippen LogP contribution in [0.2, 0.25) is 0 Å². The number of halogens is 1. The van der Waals surface area contributed by atoms with Crippen molar-refractivity contribution in [2.75, 3.05) is 6.54 Å². The lowest BCUT2D eigenvalue weighted by atomic mass is 9.99. The number of hydrogen-bond donors (Lipinski definition) is 0. The van der Waals surface area contributed by atoms with Crippen molar-refractivity contribution in [2.45, 2.75) is 13.0 Å².